The Morgan fingerprint density at radius 2 is 1.63 bits per heavy atom. The zero-order chi connectivity index (χ0) is 18.8. The Bertz CT molecular complexity index is 1070. The summed E-state index contributed by atoms with van der Waals surface area (Å²) in [6.07, 6.45) is 0. The third kappa shape index (κ3) is 3.49. The summed E-state index contributed by atoms with van der Waals surface area (Å²) in [4.78, 5) is 4.50. The van der Waals surface area contributed by atoms with E-state index in [4.69, 9.17) is 18.6 Å². The fourth-order valence-corrected chi connectivity index (χ4v) is 3.38. The van der Waals surface area contributed by atoms with Gasteiger partial charge in [0.05, 0.1) is 31.5 Å². The lowest BCUT2D eigenvalue weighted by molar-refractivity contribution is 0.394. The van der Waals surface area contributed by atoms with Crippen molar-refractivity contribution in [2.24, 2.45) is 0 Å². The van der Waals surface area contributed by atoms with Gasteiger partial charge in [-0.25, -0.2) is 4.98 Å². The Morgan fingerprint density at radius 3 is 2.33 bits per heavy atom. The number of benzene rings is 2. The summed E-state index contributed by atoms with van der Waals surface area (Å²) in [5, 5.41) is 11.8. The zero-order valence-corrected chi connectivity index (χ0v) is 15.7. The molecule has 0 saturated carbocycles. The number of rotatable bonds is 6. The van der Waals surface area contributed by atoms with Gasteiger partial charge in [0.15, 0.2) is 5.13 Å². The fraction of sp³-hybridized carbons (Fsp3) is 0.167. The summed E-state index contributed by atoms with van der Waals surface area (Å²) in [5.74, 6) is 2.40. The van der Waals surface area contributed by atoms with E-state index in [9.17, 15) is 0 Å². The number of nitrogens with zero attached hydrogens (tertiary/aromatic N) is 3. The van der Waals surface area contributed by atoms with Gasteiger partial charge in [0.25, 0.3) is 0 Å². The average Bonchev–Trinajstić information content (AvgIpc) is 3.33. The normalized spacial score (nSPS) is 10.8. The maximum atomic E-state index is 5.71. The predicted octanol–water partition coefficient (Wildman–Crippen LogP) is 4.12. The second-order valence-electron chi connectivity index (χ2n) is 5.49. The van der Waals surface area contributed by atoms with Gasteiger partial charge in [0.1, 0.15) is 17.2 Å². The predicted molar refractivity (Wildman–Crippen MR) is 102 cm³/mol. The standard InChI is InChI=1S/C18H16N4O4S/c1-23-11-4-5-14-15(9-11)27-18(19-14)20-17-22-21-16(26-17)10-6-12(24-2)8-13(7-10)25-3/h4-9H,1-3H3,(H,19,20,22). The van der Waals surface area contributed by atoms with Crippen molar-refractivity contribution in [3.8, 4) is 28.7 Å². The highest BCUT2D eigenvalue weighted by atomic mass is 32.1. The molecule has 0 atom stereocenters. The van der Waals surface area contributed by atoms with Gasteiger partial charge < -0.3 is 18.6 Å². The molecule has 0 spiro atoms. The highest BCUT2D eigenvalue weighted by Gasteiger charge is 2.13. The molecule has 138 valence electrons. The van der Waals surface area contributed by atoms with Crippen LogP contribution in [0, 0.1) is 0 Å². The minimum Gasteiger partial charge on any atom is -0.497 e. The largest absolute Gasteiger partial charge is 0.497 e. The summed E-state index contributed by atoms with van der Waals surface area (Å²) in [6.45, 7) is 0. The van der Waals surface area contributed by atoms with Crippen molar-refractivity contribution in [2.75, 3.05) is 26.6 Å². The Labute approximate surface area is 158 Å². The molecule has 0 saturated heterocycles. The van der Waals surface area contributed by atoms with Crippen molar-refractivity contribution >= 4 is 32.7 Å². The first-order chi connectivity index (χ1) is 13.2. The quantitative estimate of drug-likeness (QED) is 0.531. The molecule has 0 aliphatic carbocycles. The zero-order valence-electron chi connectivity index (χ0n) is 14.8. The number of thiazole rings is 1. The van der Waals surface area contributed by atoms with Crippen LogP contribution in [0.4, 0.5) is 11.1 Å². The van der Waals surface area contributed by atoms with E-state index in [0.29, 0.717) is 28.1 Å². The summed E-state index contributed by atoms with van der Waals surface area (Å²) in [7, 11) is 4.80. The SMILES string of the molecule is COc1cc(OC)cc(-c2nnc(Nc3nc4ccc(OC)cc4s3)o2)c1. The van der Waals surface area contributed by atoms with Crippen LogP contribution in [0.2, 0.25) is 0 Å². The smallest absolute Gasteiger partial charge is 0.322 e. The molecular formula is C18H16N4O4S. The van der Waals surface area contributed by atoms with E-state index in [-0.39, 0.29) is 6.01 Å². The molecule has 0 unspecified atom stereocenters. The van der Waals surface area contributed by atoms with Gasteiger partial charge >= 0.3 is 6.01 Å². The van der Waals surface area contributed by atoms with Gasteiger partial charge in [0, 0.05) is 11.6 Å². The van der Waals surface area contributed by atoms with Crippen molar-refractivity contribution in [1.82, 2.24) is 15.2 Å². The maximum Gasteiger partial charge on any atom is 0.322 e. The number of nitrogens with one attached hydrogen (secondary N) is 1. The molecule has 1 N–H and O–H groups in total. The third-order valence-corrected chi connectivity index (χ3v) is 4.77. The molecule has 4 aromatic rings. The van der Waals surface area contributed by atoms with Crippen LogP contribution in [0.15, 0.2) is 40.8 Å². The van der Waals surface area contributed by atoms with E-state index in [1.807, 2.05) is 18.2 Å². The lowest BCUT2D eigenvalue weighted by Gasteiger charge is -2.05. The van der Waals surface area contributed by atoms with Crippen LogP contribution in [-0.2, 0) is 0 Å². The van der Waals surface area contributed by atoms with Crippen LogP contribution in [0.5, 0.6) is 17.2 Å². The van der Waals surface area contributed by atoms with Gasteiger partial charge in [-0.3, -0.25) is 5.32 Å². The Hall–Kier alpha value is -3.33. The number of aromatic nitrogens is 3. The van der Waals surface area contributed by atoms with E-state index < -0.39 is 0 Å². The van der Waals surface area contributed by atoms with Crippen LogP contribution >= 0.6 is 11.3 Å². The lowest BCUT2D eigenvalue weighted by Crippen LogP contribution is -1.89. The van der Waals surface area contributed by atoms with E-state index in [0.717, 1.165) is 16.0 Å². The van der Waals surface area contributed by atoms with Crippen molar-refractivity contribution < 1.29 is 18.6 Å². The summed E-state index contributed by atoms with van der Waals surface area (Å²) in [6, 6.07) is 11.3. The number of hydrogen-bond donors (Lipinski definition) is 1. The van der Waals surface area contributed by atoms with Gasteiger partial charge in [0.2, 0.25) is 5.89 Å². The van der Waals surface area contributed by atoms with Gasteiger partial charge in [-0.2, -0.15) is 0 Å². The van der Waals surface area contributed by atoms with Crippen LogP contribution in [-0.4, -0.2) is 36.5 Å². The average molecular weight is 384 g/mol. The minimum absolute atomic E-state index is 0.248. The summed E-state index contributed by atoms with van der Waals surface area (Å²) in [5.41, 5.74) is 1.56. The molecule has 0 radical (unpaired) electrons. The summed E-state index contributed by atoms with van der Waals surface area (Å²) >= 11 is 1.47. The van der Waals surface area contributed by atoms with Crippen molar-refractivity contribution in [2.45, 2.75) is 0 Å². The first-order valence-corrected chi connectivity index (χ1v) is 8.78. The van der Waals surface area contributed by atoms with Crippen molar-refractivity contribution in [3.63, 3.8) is 0 Å². The van der Waals surface area contributed by atoms with Crippen molar-refractivity contribution in [1.29, 1.82) is 0 Å². The maximum absolute atomic E-state index is 5.71. The number of ether oxygens (including phenoxy) is 3. The van der Waals surface area contributed by atoms with Crippen LogP contribution in [0.3, 0.4) is 0 Å². The van der Waals surface area contributed by atoms with Gasteiger partial charge in [-0.15, -0.1) is 5.10 Å². The molecule has 27 heavy (non-hydrogen) atoms. The first-order valence-electron chi connectivity index (χ1n) is 7.97. The number of anilines is 2. The molecule has 2 aromatic heterocycles. The second-order valence-corrected chi connectivity index (χ2v) is 6.52. The third-order valence-electron chi connectivity index (χ3n) is 3.83. The summed E-state index contributed by atoms with van der Waals surface area (Å²) < 4.78 is 22.5. The van der Waals surface area contributed by atoms with Gasteiger partial charge in [-0.1, -0.05) is 16.4 Å². The topological polar surface area (TPSA) is 91.5 Å². The number of hydrogen-bond acceptors (Lipinski definition) is 9. The molecule has 0 aliphatic rings. The molecule has 8 nitrogen and oxygen atoms in total. The molecule has 2 heterocycles. The Kier molecular flexibility index (Phi) is 4.51. The molecular weight excluding hydrogens is 368 g/mol. The second kappa shape index (κ2) is 7.12. The molecule has 4 rings (SSSR count). The fourth-order valence-electron chi connectivity index (χ4n) is 2.50. The number of fused-ring (bicyclic) bond motifs is 1. The van der Waals surface area contributed by atoms with Gasteiger partial charge in [-0.05, 0) is 30.3 Å². The Morgan fingerprint density at radius 1 is 0.889 bits per heavy atom. The molecule has 0 fully saturated rings. The van der Waals surface area contributed by atoms with Crippen LogP contribution in [0.25, 0.3) is 21.7 Å². The highest BCUT2D eigenvalue weighted by molar-refractivity contribution is 7.22. The molecule has 0 bridgehead atoms. The van der Waals surface area contributed by atoms with E-state index in [2.05, 4.69) is 20.5 Å². The lowest BCUT2D eigenvalue weighted by atomic mass is 10.2. The molecule has 0 aliphatic heterocycles. The minimum atomic E-state index is 0.248. The molecule has 0 amide bonds. The highest BCUT2D eigenvalue weighted by Crippen LogP contribution is 2.33. The monoisotopic (exact) mass is 384 g/mol. The molecule has 2 aromatic carbocycles. The van der Waals surface area contributed by atoms with E-state index >= 15 is 0 Å². The molecule has 9 heteroatoms. The first kappa shape index (κ1) is 17.1. The van der Waals surface area contributed by atoms with E-state index in [1.54, 1.807) is 39.5 Å². The van der Waals surface area contributed by atoms with E-state index in [1.165, 1.54) is 11.3 Å². The Balaban J connectivity index is 1.60. The number of methoxy groups -OCH3 is 3. The van der Waals surface area contributed by atoms with Crippen LogP contribution in [0.1, 0.15) is 0 Å². The van der Waals surface area contributed by atoms with Crippen LogP contribution < -0.4 is 19.5 Å². The van der Waals surface area contributed by atoms with Crippen molar-refractivity contribution in [3.05, 3.63) is 36.4 Å².